The van der Waals surface area contributed by atoms with Crippen LogP contribution in [0.3, 0.4) is 0 Å². The molecule has 11 heteroatoms. The number of carbonyl (C=O) groups excluding carboxylic acids is 4. The van der Waals surface area contributed by atoms with Gasteiger partial charge in [0.15, 0.2) is 0 Å². The van der Waals surface area contributed by atoms with Gasteiger partial charge in [0.05, 0.1) is 6.42 Å². The highest BCUT2D eigenvalue weighted by Crippen LogP contribution is 2.24. The van der Waals surface area contributed by atoms with Crippen LogP contribution in [0.1, 0.15) is 60.9 Å². The van der Waals surface area contributed by atoms with E-state index in [-0.39, 0.29) is 24.6 Å². The lowest BCUT2D eigenvalue weighted by molar-refractivity contribution is -0.140. The molecule has 0 aromatic heterocycles. The van der Waals surface area contributed by atoms with E-state index in [4.69, 9.17) is 4.74 Å². The molecule has 0 saturated carbocycles. The van der Waals surface area contributed by atoms with E-state index in [0.29, 0.717) is 56.9 Å². The van der Waals surface area contributed by atoms with E-state index in [2.05, 4.69) is 10.6 Å². The number of amides is 4. The lowest BCUT2D eigenvalue weighted by Gasteiger charge is -2.35. The molecule has 230 valence electrons. The molecule has 0 bridgehead atoms. The van der Waals surface area contributed by atoms with Gasteiger partial charge in [0.1, 0.15) is 12.6 Å². The summed E-state index contributed by atoms with van der Waals surface area (Å²) in [6, 6.07) is 16.3. The first-order valence-corrected chi connectivity index (χ1v) is 14.9. The molecule has 2 aliphatic rings. The zero-order chi connectivity index (χ0) is 30.6. The summed E-state index contributed by atoms with van der Waals surface area (Å²) in [4.78, 5) is 65.9. The van der Waals surface area contributed by atoms with Gasteiger partial charge in [-0.15, -0.1) is 0 Å². The number of likely N-dealkylation sites (tertiary alicyclic amines) is 2. The Kier molecular flexibility index (Phi) is 11.5. The number of hydrogen-bond acceptors (Lipinski definition) is 6. The second-order valence-corrected chi connectivity index (χ2v) is 11.2. The minimum absolute atomic E-state index is 0.0168. The van der Waals surface area contributed by atoms with Crippen molar-refractivity contribution >= 4 is 29.8 Å². The lowest BCUT2D eigenvalue weighted by Crippen LogP contribution is -2.55. The fraction of sp³-hybridized carbons (Fsp3) is 0.469. The van der Waals surface area contributed by atoms with E-state index in [9.17, 15) is 29.1 Å². The molecule has 2 unspecified atom stereocenters. The molecule has 2 saturated heterocycles. The first-order valence-electron chi connectivity index (χ1n) is 14.9. The minimum Gasteiger partial charge on any atom is -0.481 e. The maximum atomic E-state index is 13.0. The molecule has 2 aromatic rings. The summed E-state index contributed by atoms with van der Waals surface area (Å²) in [7, 11) is 0. The molecular weight excluding hydrogens is 552 g/mol. The molecule has 0 radical (unpaired) electrons. The van der Waals surface area contributed by atoms with Crippen molar-refractivity contribution in [1.29, 1.82) is 0 Å². The summed E-state index contributed by atoms with van der Waals surface area (Å²) in [5.74, 6) is -1.96. The molecule has 0 spiro atoms. The Morgan fingerprint density at radius 1 is 0.884 bits per heavy atom. The summed E-state index contributed by atoms with van der Waals surface area (Å²) < 4.78 is 5.44. The zero-order valence-corrected chi connectivity index (χ0v) is 24.3. The van der Waals surface area contributed by atoms with E-state index >= 15 is 0 Å². The fourth-order valence-corrected chi connectivity index (χ4v) is 5.54. The summed E-state index contributed by atoms with van der Waals surface area (Å²) >= 11 is 0. The van der Waals surface area contributed by atoms with Gasteiger partial charge in [-0.25, -0.2) is 4.79 Å². The van der Waals surface area contributed by atoms with Gasteiger partial charge < -0.3 is 30.3 Å². The van der Waals surface area contributed by atoms with Gasteiger partial charge in [-0.1, -0.05) is 48.5 Å². The number of carbonyl (C=O) groups is 5. The van der Waals surface area contributed by atoms with Crippen LogP contribution in [0.4, 0.5) is 4.79 Å². The van der Waals surface area contributed by atoms with Crippen LogP contribution in [-0.2, 0) is 25.7 Å². The molecule has 11 nitrogen and oxygen atoms in total. The van der Waals surface area contributed by atoms with Gasteiger partial charge in [0.25, 0.3) is 5.91 Å². The van der Waals surface area contributed by atoms with Gasteiger partial charge in [0.2, 0.25) is 11.8 Å². The number of piperidine rings is 2. The third-order valence-corrected chi connectivity index (χ3v) is 8.00. The van der Waals surface area contributed by atoms with Crippen molar-refractivity contribution in [1.82, 2.24) is 20.4 Å². The van der Waals surface area contributed by atoms with Crippen molar-refractivity contribution in [2.45, 2.75) is 63.6 Å². The summed E-state index contributed by atoms with van der Waals surface area (Å²) in [6.45, 7) is 2.38. The lowest BCUT2D eigenvalue weighted by atomic mass is 9.92. The maximum Gasteiger partial charge on any atom is 0.410 e. The van der Waals surface area contributed by atoms with Gasteiger partial charge in [-0.2, -0.15) is 0 Å². The van der Waals surface area contributed by atoms with Crippen LogP contribution in [0.15, 0.2) is 60.7 Å². The quantitative estimate of drug-likeness (QED) is 0.363. The van der Waals surface area contributed by atoms with Gasteiger partial charge >= 0.3 is 12.1 Å². The van der Waals surface area contributed by atoms with E-state index < -0.39 is 30.2 Å². The molecule has 43 heavy (non-hydrogen) atoms. The highest BCUT2D eigenvalue weighted by Gasteiger charge is 2.30. The fourth-order valence-electron chi connectivity index (χ4n) is 5.54. The Labute approximate surface area is 251 Å². The van der Waals surface area contributed by atoms with Crippen LogP contribution in [0.5, 0.6) is 0 Å². The molecule has 2 aromatic carbocycles. The van der Waals surface area contributed by atoms with E-state index in [1.807, 2.05) is 30.3 Å². The normalized spacial score (nSPS) is 17.9. The number of carboxylic acid groups (broad SMARTS) is 1. The number of aliphatic carboxylic acids is 1. The number of ether oxygens (including phenoxy) is 1. The number of nitrogens with one attached hydrogen (secondary N) is 2. The monoisotopic (exact) mass is 592 g/mol. The Morgan fingerprint density at radius 3 is 2.23 bits per heavy atom. The molecule has 3 N–H and O–H groups in total. The zero-order valence-electron chi connectivity index (χ0n) is 24.3. The number of hydrogen-bond donors (Lipinski definition) is 3. The second kappa shape index (κ2) is 15.7. The predicted octanol–water partition coefficient (Wildman–Crippen LogP) is 3.20. The van der Waals surface area contributed by atoms with Crippen LogP contribution < -0.4 is 10.6 Å². The Hall–Kier alpha value is -4.41. The van der Waals surface area contributed by atoms with Gasteiger partial charge in [0, 0.05) is 44.2 Å². The van der Waals surface area contributed by atoms with Crippen LogP contribution in [0.25, 0.3) is 0 Å². The number of rotatable bonds is 11. The molecular formula is C32H40N4O7. The highest BCUT2D eigenvalue weighted by atomic mass is 16.6. The summed E-state index contributed by atoms with van der Waals surface area (Å²) in [6.07, 6.45) is 3.23. The number of benzene rings is 2. The van der Waals surface area contributed by atoms with Crippen molar-refractivity contribution in [2.24, 2.45) is 5.92 Å². The third-order valence-electron chi connectivity index (χ3n) is 8.00. The highest BCUT2D eigenvalue weighted by molar-refractivity contribution is 5.98. The van der Waals surface area contributed by atoms with Gasteiger partial charge in [-0.05, 0) is 55.7 Å². The molecule has 0 aliphatic carbocycles. The van der Waals surface area contributed by atoms with E-state index in [0.717, 1.165) is 24.8 Å². The Bertz CT molecular complexity index is 1250. The van der Waals surface area contributed by atoms with Crippen molar-refractivity contribution in [3.8, 4) is 0 Å². The van der Waals surface area contributed by atoms with Crippen molar-refractivity contribution in [2.75, 3.05) is 26.2 Å². The van der Waals surface area contributed by atoms with Gasteiger partial charge in [-0.3, -0.25) is 19.2 Å². The van der Waals surface area contributed by atoms with Crippen LogP contribution in [-0.4, -0.2) is 83.0 Å². The minimum atomic E-state index is -1.24. The van der Waals surface area contributed by atoms with Crippen LogP contribution in [0.2, 0.25) is 0 Å². The van der Waals surface area contributed by atoms with Crippen molar-refractivity contribution in [3.05, 3.63) is 71.8 Å². The summed E-state index contributed by atoms with van der Waals surface area (Å²) in [5, 5.41) is 14.7. The average Bonchev–Trinajstić information content (AvgIpc) is 3.03. The predicted molar refractivity (Wildman–Crippen MR) is 158 cm³/mol. The Morgan fingerprint density at radius 2 is 1.56 bits per heavy atom. The second-order valence-electron chi connectivity index (χ2n) is 11.2. The van der Waals surface area contributed by atoms with Crippen molar-refractivity contribution < 1.29 is 33.8 Å². The average molecular weight is 593 g/mol. The standard InChI is InChI=1S/C32H40N4O7/c37-28(14-13-23-15-18-35(19-16-23)32(42)43-22-24-8-3-1-4-9-24)36-17-7-12-26(21-36)33-31(41)27(20-29(38)39)34-30(40)25-10-5-2-6-11-25/h1-6,8-11,23,26-27H,7,12-22H2,(H,33,41)(H,34,40)(H,38,39). The number of nitrogens with zero attached hydrogens (tertiary/aromatic N) is 2. The van der Waals surface area contributed by atoms with E-state index in [1.54, 1.807) is 40.1 Å². The van der Waals surface area contributed by atoms with E-state index in [1.165, 1.54) is 0 Å². The number of carboxylic acids is 1. The molecule has 2 atom stereocenters. The molecule has 2 fully saturated rings. The van der Waals surface area contributed by atoms with Crippen LogP contribution in [0, 0.1) is 5.92 Å². The smallest absolute Gasteiger partial charge is 0.410 e. The SMILES string of the molecule is O=C(O)CC(NC(=O)c1ccccc1)C(=O)NC1CCCN(C(=O)CCC2CCN(C(=O)OCc3ccccc3)CC2)C1. The third kappa shape index (κ3) is 9.83. The largest absolute Gasteiger partial charge is 0.481 e. The maximum absolute atomic E-state index is 13.0. The summed E-state index contributed by atoms with van der Waals surface area (Å²) in [5.41, 5.74) is 1.27. The molecule has 2 aliphatic heterocycles. The first-order chi connectivity index (χ1) is 20.8. The Balaban J connectivity index is 1.18. The molecule has 4 rings (SSSR count). The molecule has 4 amide bonds. The van der Waals surface area contributed by atoms with Crippen LogP contribution >= 0.6 is 0 Å². The topological polar surface area (TPSA) is 145 Å². The first kappa shape index (κ1) is 31.5. The van der Waals surface area contributed by atoms with Crippen molar-refractivity contribution in [3.63, 3.8) is 0 Å². The molecule has 2 heterocycles.